The van der Waals surface area contributed by atoms with Crippen LogP contribution in [0.1, 0.15) is 35.4 Å². The van der Waals surface area contributed by atoms with Crippen molar-refractivity contribution in [3.8, 4) is 5.75 Å². The quantitative estimate of drug-likeness (QED) is 0.571. The summed E-state index contributed by atoms with van der Waals surface area (Å²) in [6.45, 7) is 6.01. The third-order valence-electron chi connectivity index (χ3n) is 3.21. The van der Waals surface area contributed by atoms with Gasteiger partial charge >= 0.3 is 0 Å². The van der Waals surface area contributed by atoms with Gasteiger partial charge in [-0.1, -0.05) is 0 Å². The highest BCUT2D eigenvalue weighted by Crippen LogP contribution is 2.15. The summed E-state index contributed by atoms with van der Waals surface area (Å²) in [5.41, 5.74) is 1.23. The number of aryl methyl sites for hydroxylation is 1. The van der Waals surface area contributed by atoms with E-state index in [1.165, 1.54) is 25.9 Å². The molecule has 4 nitrogen and oxygen atoms in total. The molecule has 2 heterocycles. The highest BCUT2D eigenvalue weighted by Gasteiger charge is 2.10. The standard InChI is InChI=1S/C14H20N2O2/c1-12-5-6-14(13(11-17)15-12)18-10-4-9-16-7-2-3-8-16/h5-6,11H,2-4,7-10H2,1H3. The van der Waals surface area contributed by atoms with Crippen LogP contribution < -0.4 is 4.74 Å². The number of aromatic nitrogens is 1. The molecule has 0 atom stereocenters. The van der Waals surface area contributed by atoms with Crippen LogP contribution in [0.15, 0.2) is 12.1 Å². The van der Waals surface area contributed by atoms with E-state index in [4.69, 9.17) is 4.74 Å². The predicted octanol–water partition coefficient (Wildman–Crippen LogP) is 2.07. The van der Waals surface area contributed by atoms with Crippen molar-refractivity contribution in [1.82, 2.24) is 9.88 Å². The Labute approximate surface area is 108 Å². The van der Waals surface area contributed by atoms with Gasteiger partial charge in [-0.15, -0.1) is 0 Å². The third-order valence-corrected chi connectivity index (χ3v) is 3.21. The lowest BCUT2D eigenvalue weighted by molar-refractivity contribution is 0.111. The fraction of sp³-hybridized carbons (Fsp3) is 0.571. The number of pyridine rings is 1. The summed E-state index contributed by atoms with van der Waals surface area (Å²) >= 11 is 0. The summed E-state index contributed by atoms with van der Waals surface area (Å²) in [6.07, 6.45) is 4.38. The van der Waals surface area contributed by atoms with E-state index < -0.39 is 0 Å². The molecule has 0 bridgehead atoms. The van der Waals surface area contributed by atoms with Crippen molar-refractivity contribution < 1.29 is 9.53 Å². The van der Waals surface area contributed by atoms with Gasteiger partial charge in [0.25, 0.3) is 0 Å². The Hall–Kier alpha value is -1.42. The molecule has 0 N–H and O–H groups in total. The van der Waals surface area contributed by atoms with Crippen LogP contribution in [0.4, 0.5) is 0 Å². The molecule has 0 aromatic carbocycles. The van der Waals surface area contributed by atoms with Gasteiger partial charge in [-0.25, -0.2) is 4.98 Å². The van der Waals surface area contributed by atoms with E-state index in [0.717, 1.165) is 24.9 Å². The third kappa shape index (κ3) is 3.53. The number of likely N-dealkylation sites (tertiary alicyclic amines) is 1. The second kappa shape index (κ2) is 6.50. The van der Waals surface area contributed by atoms with E-state index in [-0.39, 0.29) is 0 Å². The summed E-state index contributed by atoms with van der Waals surface area (Å²) in [4.78, 5) is 17.5. The van der Waals surface area contributed by atoms with Crippen LogP contribution in [0.3, 0.4) is 0 Å². The van der Waals surface area contributed by atoms with Crippen LogP contribution >= 0.6 is 0 Å². The highest BCUT2D eigenvalue weighted by atomic mass is 16.5. The van der Waals surface area contributed by atoms with Crippen molar-refractivity contribution in [2.24, 2.45) is 0 Å². The summed E-state index contributed by atoms with van der Waals surface area (Å²) in [7, 11) is 0. The first-order chi connectivity index (χ1) is 8.79. The fourth-order valence-electron chi connectivity index (χ4n) is 2.25. The SMILES string of the molecule is Cc1ccc(OCCCN2CCCC2)c(C=O)n1. The van der Waals surface area contributed by atoms with Gasteiger partial charge in [-0.2, -0.15) is 0 Å². The zero-order valence-electron chi connectivity index (χ0n) is 10.9. The number of nitrogens with zero attached hydrogens (tertiary/aromatic N) is 2. The van der Waals surface area contributed by atoms with E-state index in [1.807, 2.05) is 19.1 Å². The molecular weight excluding hydrogens is 228 g/mol. The van der Waals surface area contributed by atoms with Crippen molar-refractivity contribution in [3.05, 3.63) is 23.5 Å². The molecule has 1 fully saturated rings. The molecule has 1 aromatic rings. The summed E-state index contributed by atoms with van der Waals surface area (Å²) in [5.74, 6) is 0.594. The normalized spacial score (nSPS) is 15.8. The maximum atomic E-state index is 10.9. The summed E-state index contributed by atoms with van der Waals surface area (Å²) < 4.78 is 5.62. The second-order valence-corrected chi connectivity index (χ2v) is 4.70. The van der Waals surface area contributed by atoms with Crippen molar-refractivity contribution in [2.75, 3.05) is 26.2 Å². The molecular formula is C14H20N2O2. The first kappa shape index (κ1) is 13.0. The molecule has 1 aliphatic rings. The average molecular weight is 248 g/mol. The molecule has 0 aliphatic carbocycles. The number of hydrogen-bond donors (Lipinski definition) is 0. The molecule has 1 aromatic heterocycles. The highest BCUT2D eigenvalue weighted by molar-refractivity contribution is 5.76. The van der Waals surface area contributed by atoms with Gasteiger partial charge in [-0.05, 0) is 51.4 Å². The van der Waals surface area contributed by atoms with E-state index >= 15 is 0 Å². The lowest BCUT2D eigenvalue weighted by Gasteiger charge is -2.14. The molecule has 0 radical (unpaired) electrons. The summed E-state index contributed by atoms with van der Waals surface area (Å²) in [5, 5.41) is 0. The molecule has 0 unspecified atom stereocenters. The minimum absolute atomic E-state index is 0.399. The Kier molecular flexibility index (Phi) is 4.70. The first-order valence-corrected chi connectivity index (χ1v) is 6.57. The Bertz CT molecular complexity index is 401. The Balaban J connectivity index is 1.77. The molecule has 4 heteroatoms. The number of ether oxygens (including phenoxy) is 1. The zero-order valence-corrected chi connectivity index (χ0v) is 10.9. The number of carbonyl (C=O) groups is 1. The smallest absolute Gasteiger partial charge is 0.172 e. The van der Waals surface area contributed by atoms with Gasteiger partial charge in [0.15, 0.2) is 6.29 Å². The zero-order chi connectivity index (χ0) is 12.8. The average Bonchev–Trinajstić information content (AvgIpc) is 2.89. The lowest BCUT2D eigenvalue weighted by Crippen LogP contribution is -2.22. The summed E-state index contributed by atoms with van der Waals surface area (Å²) in [6, 6.07) is 3.69. The van der Waals surface area contributed by atoms with Gasteiger partial charge in [0.1, 0.15) is 11.4 Å². The largest absolute Gasteiger partial charge is 0.491 e. The van der Waals surface area contributed by atoms with Crippen LogP contribution in [0.5, 0.6) is 5.75 Å². The molecule has 98 valence electrons. The van der Waals surface area contributed by atoms with E-state index in [0.29, 0.717) is 18.1 Å². The number of rotatable bonds is 6. The second-order valence-electron chi connectivity index (χ2n) is 4.70. The van der Waals surface area contributed by atoms with Crippen molar-refractivity contribution in [1.29, 1.82) is 0 Å². The van der Waals surface area contributed by atoms with Gasteiger partial charge < -0.3 is 9.64 Å². The van der Waals surface area contributed by atoms with Crippen LogP contribution in [-0.4, -0.2) is 42.4 Å². The number of hydrogen-bond acceptors (Lipinski definition) is 4. The number of aldehydes is 1. The molecule has 0 spiro atoms. The molecule has 0 saturated carbocycles. The van der Waals surface area contributed by atoms with E-state index in [9.17, 15) is 4.79 Å². The fourth-order valence-corrected chi connectivity index (χ4v) is 2.25. The van der Waals surface area contributed by atoms with Gasteiger partial charge in [0.2, 0.25) is 0 Å². The van der Waals surface area contributed by atoms with Gasteiger partial charge in [-0.3, -0.25) is 4.79 Å². The predicted molar refractivity (Wildman–Crippen MR) is 70.1 cm³/mol. The van der Waals surface area contributed by atoms with Crippen molar-refractivity contribution >= 4 is 6.29 Å². The maximum absolute atomic E-state index is 10.9. The van der Waals surface area contributed by atoms with Crippen molar-refractivity contribution in [2.45, 2.75) is 26.2 Å². The maximum Gasteiger partial charge on any atom is 0.172 e. The molecule has 2 rings (SSSR count). The molecule has 0 amide bonds. The topological polar surface area (TPSA) is 42.4 Å². The molecule has 1 saturated heterocycles. The van der Waals surface area contributed by atoms with E-state index in [2.05, 4.69) is 9.88 Å². The first-order valence-electron chi connectivity index (χ1n) is 6.57. The molecule has 18 heavy (non-hydrogen) atoms. The van der Waals surface area contributed by atoms with Crippen LogP contribution in [-0.2, 0) is 0 Å². The molecule has 1 aliphatic heterocycles. The Morgan fingerprint density at radius 1 is 1.39 bits per heavy atom. The lowest BCUT2D eigenvalue weighted by atomic mass is 10.3. The number of carbonyl (C=O) groups excluding carboxylic acids is 1. The Morgan fingerprint density at radius 3 is 2.89 bits per heavy atom. The van der Waals surface area contributed by atoms with E-state index in [1.54, 1.807) is 0 Å². The van der Waals surface area contributed by atoms with Gasteiger partial charge in [0.05, 0.1) is 6.61 Å². The van der Waals surface area contributed by atoms with Crippen LogP contribution in [0, 0.1) is 6.92 Å². The Morgan fingerprint density at radius 2 is 2.17 bits per heavy atom. The minimum Gasteiger partial charge on any atom is -0.491 e. The van der Waals surface area contributed by atoms with Crippen LogP contribution in [0.25, 0.3) is 0 Å². The minimum atomic E-state index is 0.399. The monoisotopic (exact) mass is 248 g/mol. The van der Waals surface area contributed by atoms with Gasteiger partial charge in [0, 0.05) is 12.2 Å². The van der Waals surface area contributed by atoms with Crippen LogP contribution in [0.2, 0.25) is 0 Å². The van der Waals surface area contributed by atoms with Crippen molar-refractivity contribution in [3.63, 3.8) is 0 Å².